The predicted molar refractivity (Wildman–Crippen MR) is 35.8 cm³/mol. The van der Waals surface area contributed by atoms with E-state index in [1.54, 1.807) is 0 Å². The highest BCUT2D eigenvalue weighted by Crippen LogP contribution is 2.51. The Kier molecular flexibility index (Phi) is 6.33. The first-order valence-electron chi connectivity index (χ1n) is 1.50. The fraction of sp³-hybridized carbons (Fsp3) is 0. The summed E-state index contributed by atoms with van der Waals surface area (Å²) in [5.74, 6) is 0. The van der Waals surface area contributed by atoms with E-state index in [9.17, 15) is 4.57 Å². The fourth-order valence-corrected chi connectivity index (χ4v) is 0. The lowest BCUT2D eigenvalue weighted by atomic mass is 15.8. The Morgan fingerprint density at radius 3 is 0.900 bits per heavy atom. The van der Waals surface area contributed by atoms with Gasteiger partial charge < -0.3 is 19.6 Å². The molecular weight excluding hydrogens is 229 g/mol. The van der Waals surface area contributed by atoms with E-state index in [2.05, 4.69) is 22.5 Å². The highest BCUT2D eigenvalue weighted by Gasteiger charge is 2.02. The molecule has 0 aromatic carbocycles. The normalized spacial score (nSPS) is 11.8. The van der Waals surface area contributed by atoms with Crippen molar-refractivity contribution < 1.29 is 28.7 Å². The molecular formula is H4Cl2O6P2. The summed E-state index contributed by atoms with van der Waals surface area (Å²) in [7, 11) is -4.64. The van der Waals surface area contributed by atoms with Gasteiger partial charge in [-0.05, 0) is 22.5 Å². The van der Waals surface area contributed by atoms with Gasteiger partial charge in [0.15, 0.2) is 0 Å². The summed E-state index contributed by atoms with van der Waals surface area (Å²) < 4.78 is 18.2. The zero-order valence-electron chi connectivity index (χ0n) is 4.26. The molecule has 0 heterocycles. The van der Waals surface area contributed by atoms with E-state index in [1.165, 1.54) is 0 Å². The van der Waals surface area contributed by atoms with Gasteiger partial charge in [-0.3, -0.25) is 4.57 Å². The van der Waals surface area contributed by atoms with Crippen molar-refractivity contribution in [3.8, 4) is 0 Å². The molecule has 0 aliphatic carbocycles. The van der Waals surface area contributed by atoms with Crippen LogP contribution in [0, 0.1) is 0 Å². The van der Waals surface area contributed by atoms with E-state index in [1.807, 2.05) is 0 Å². The number of hydrogen-bond acceptors (Lipinski definition) is 2. The van der Waals surface area contributed by atoms with Gasteiger partial charge in [0.1, 0.15) is 0 Å². The Labute approximate surface area is 65.7 Å². The molecule has 0 saturated heterocycles. The van der Waals surface area contributed by atoms with Crippen molar-refractivity contribution in [2.45, 2.75) is 0 Å². The smallest absolute Gasteiger partial charge is 0.322 e. The highest BCUT2D eigenvalue weighted by atomic mass is 35.9. The van der Waals surface area contributed by atoms with E-state index in [0.29, 0.717) is 0 Å². The Morgan fingerprint density at radius 1 is 0.900 bits per heavy atom. The maximum atomic E-state index is 9.30. The first-order valence-corrected chi connectivity index (χ1v) is 6.54. The van der Waals surface area contributed by atoms with E-state index in [4.69, 9.17) is 24.1 Å². The van der Waals surface area contributed by atoms with Gasteiger partial charge >= 0.3 is 13.9 Å². The van der Waals surface area contributed by atoms with Gasteiger partial charge in [0.25, 0.3) is 0 Å². The monoisotopic (exact) mass is 232 g/mol. The van der Waals surface area contributed by atoms with E-state index in [-0.39, 0.29) is 0 Å². The standard InChI is InChI=1S/Cl2HO2P.H3O4P/c2*1-5(2,3)4/h(H,3,4);(H3,1,2,3,4). The van der Waals surface area contributed by atoms with Gasteiger partial charge in [0.2, 0.25) is 0 Å². The Hall–Kier alpha value is 0.880. The van der Waals surface area contributed by atoms with Crippen LogP contribution in [0.4, 0.5) is 0 Å². The van der Waals surface area contributed by atoms with Gasteiger partial charge in [-0.15, -0.1) is 0 Å². The van der Waals surface area contributed by atoms with E-state index >= 15 is 0 Å². The van der Waals surface area contributed by atoms with Crippen LogP contribution in [0.15, 0.2) is 0 Å². The zero-order valence-corrected chi connectivity index (χ0v) is 7.56. The summed E-state index contributed by atoms with van der Waals surface area (Å²) in [6.07, 6.45) is -3.69. The first kappa shape index (κ1) is 13.5. The van der Waals surface area contributed by atoms with Crippen molar-refractivity contribution in [1.29, 1.82) is 0 Å². The molecule has 0 aliphatic heterocycles. The maximum Gasteiger partial charge on any atom is 0.466 e. The van der Waals surface area contributed by atoms with Crippen molar-refractivity contribution in [2.24, 2.45) is 0 Å². The summed E-state index contributed by atoms with van der Waals surface area (Å²) >= 11 is 8.81. The van der Waals surface area contributed by atoms with Gasteiger partial charge in [-0.1, -0.05) is 0 Å². The summed E-state index contributed by atoms with van der Waals surface area (Å²) in [5, 5.41) is 0. The SMILES string of the molecule is O=P(O)(Cl)Cl.O=P(O)(O)O. The molecule has 0 aromatic heterocycles. The third-order valence-corrected chi connectivity index (χ3v) is 0. The quantitative estimate of drug-likeness (QED) is 0.456. The van der Waals surface area contributed by atoms with Crippen molar-refractivity contribution in [2.75, 3.05) is 0 Å². The number of halogens is 2. The molecule has 0 fully saturated rings. The molecule has 10 heavy (non-hydrogen) atoms. The van der Waals surface area contributed by atoms with Crippen molar-refractivity contribution in [3.05, 3.63) is 0 Å². The van der Waals surface area contributed by atoms with E-state index < -0.39 is 13.9 Å². The van der Waals surface area contributed by atoms with Crippen LogP contribution in [0.3, 0.4) is 0 Å². The van der Waals surface area contributed by atoms with Crippen LogP contribution < -0.4 is 0 Å². The second kappa shape index (κ2) is 4.70. The average molecular weight is 233 g/mol. The highest BCUT2D eigenvalue weighted by molar-refractivity contribution is 8.04. The predicted octanol–water partition coefficient (Wildman–Crippen LogP) is 0.636. The lowest BCUT2D eigenvalue weighted by molar-refractivity contribution is 0.275. The Bertz CT molecular complexity index is 126. The molecule has 0 amide bonds. The second-order valence-corrected chi connectivity index (χ2v) is 6.11. The van der Waals surface area contributed by atoms with Crippen molar-refractivity contribution in [1.82, 2.24) is 0 Å². The number of hydrogen-bond donors (Lipinski definition) is 4. The molecule has 64 valence electrons. The summed E-state index contributed by atoms with van der Waals surface area (Å²) in [6, 6.07) is 0. The van der Waals surface area contributed by atoms with Crippen LogP contribution >= 0.6 is 36.4 Å². The van der Waals surface area contributed by atoms with Crippen LogP contribution in [0.5, 0.6) is 0 Å². The Balaban J connectivity index is 0. The molecule has 0 saturated carbocycles. The molecule has 0 spiro atoms. The maximum absolute atomic E-state index is 9.30. The lowest BCUT2D eigenvalue weighted by Crippen LogP contribution is -1.66. The van der Waals surface area contributed by atoms with E-state index in [0.717, 1.165) is 0 Å². The number of phosphoric acid groups is 1. The Morgan fingerprint density at radius 2 is 0.900 bits per heavy atom. The van der Waals surface area contributed by atoms with Crippen molar-refractivity contribution in [3.63, 3.8) is 0 Å². The molecule has 0 rings (SSSR count). The van der Waals surface area contributed by atoms with Crippen LogP contribution in [0.1, 0.15) is 0 Å². The van der Waals surface area contributed by atoms with Gasteiger partial charge in [-0.2, -0.15) is 0 Å². The topological polar surface area (TPSA) is 115 Å². The molecule has 0 radical (unpaired) electrons. The van der Waals surface area contributed by atoms with Gasteiger partial charge in [-0.25, -0.2) is 4.57 Å². The molecule has 10 heteroatoms. The summed E-state index contributed by atoms with van der Waals surface area (Å²) in [5.41, 5.74) is 0. The van der Waals surface area contributed by atoms with Crippen LogP contribution in [-0.4, -0.2) is 19.6 Å². The minimum atomic E-state index is -4.64. The molecule has 4 N–H and O–H groups in total. The summed E-state index contributed by atoms with van der Waals surface area (Å²) in [4.78, 5) is 29.2. The van der Waals surface area contributed by atoms with Crippen LogP contribution in [0.25, 0.3) is 0 Å². The largest absolute Gasteiger partial charge is 0.466 e. The fourth-order valence-electron chi connectivity index (χ4n) is 0. The molecule has 0 bridgehead atoms. The van der Waals surface area contributed by atoms with Gasteiger partial charge in [0.05, 0.1) is 0 Å². The molecule has 0 atom stereocenters. The minimum Gasteiger partial charge on any atom is -0.322 e. The second-order valence-electron chi connectivity index (χ2n) is 0.948. The molecule has 6 nitrogen and oxygen atoms in total. The van der Waals surface area contributed by atoms with Gasteiger partial charge in [0, 0.05) is 0 Å². The van der Waals surface area contributed by atoms with Crippen molar-refractivity contribution >= 4 is 36.4 Å². The van der Waals surface area contributed by atoms with Crippen LogP contribution in [0.2, 0.25) is 0 Å². The van der Waals surface area contributed by atoms with Crippen LogP contribution in [-0.2, 0) is 9.13 Å². The summed E-state index contributed by atoms with van der Waals surface area (Å²) in [6.45, 7) is 0. The average Bonchev–Trinajstić information content (AvgIpc) is 1.12. The zero-order chi connectivity index (χ0) is 9.00. The molecule has 0 aromatic rings. The molecule has 0 unspecified atom stereocenters. The molecule has 0 aliphatic rings. The first-order chi connectivity index (χ1) is 4.00. The minimum absolute atomic E-state index is 3.69. The third-order valence-electron chi connectivity index (χ3n) is 0. The third kappa shape index (κ3) is 712. The number of rotatable bonds is 0. The lowest BCUT2D eigenvalue weighted by Gasteiger charge is -1.82.